The molecule has 4 rings (SSSR count). The second-order valence-corrected chi connectivity index (χ2v) is 5.39. The summed E-state index contributed by atoms with van der Waals surface area (Å²) in [5, 5.41) is 15.2. The van der Waals surface area contributed by atoms with Gasteiger partial charge in [0, 0.05) is 37.0 Å². The third kappa shape index (κ3) is 2.03. The molecule has 0 spiro atoms. The SMILES string of the molecule is CCN1CCN(c2nn3cnnc3c3ccccc23)CC1. The first-order valence-corrected chi connectivity index (χ1v) is 7.43. The van der Waals surface area contributed by atoms with Gasteiger partial charge in [-0.3, -0.25) is 0 Å². The largest absolute Gasteiger partial charge is 0.352 e. The molecule has 0 atom stereocenters. The Morgan fingerprint density at radius 1 is 1.05 bits per heavy atom. The van der Waals surface area contributed by atoms with Crippen LogP contribution in [0.4, 0.5) is 5.82 Å². The van der Waals surface area contributed by atoms with Gasteiger partial charge in [-0.1, -0.05) is 31.2 Å². The summed E-state index contributed by atoms with van der Waals surface area (Å²) < 4.78 is 1.78. The minimum atomic E-state index is 0.821. The fraction of sp³-hybridized carbons (Fsp3) is 0.400. The number of hydrogen-bond acceptors (Lipinski definition) is 5. The van der Waals surface area contributed by atoms with E-state index in [0.717, 1.165) is 55.0 Å². The Bertz CT molecular complexity index is 772. The van der Waals surface area contributed by atoms with Gasteiger partial charge in [-0.05, 0) is 6.54 Å². The van der Waals surface area contributed by atoms with Crippen LogP contribution in [0.25, 0.3) is 16.4 Å². The van der Waals surface area contributed by atoms with E-state index in [2.05, 4.69) is 45.1 Å². The van der Waals surface area contributed by atoms with Crippen LogP contribution in [0.3, 0.4) is 0 Å². The zero-order valence-corrected chi connectivity index (χ0v) is 12.1. The first kappa shape index (κ1) is 12.5. The van der Waals surface area contributed by atoms with Crippen molar-refractivity contribution in [2.75, 3.05) is 37.6 Å². The fourth-order valence-electron chi connectivity index (χ4n) is 3.02. The molecule has 108 valence electrons. The van der Waals surface area contributed by atoms with Crippen molar-refractivity contribution < 1.29 is 0 Å². The van der Waals surface area contributed by atoms with Crippen molar-refractivity contribution in [3.63, 3.8) is 0 Å². The van der Waals surface area contributed by atoms with E-state index >= 15 is 0 Å². The van der Waals surface area contributed by atoms with Crippen LogP contribution in [0.1, 0.15) is 6.92 Å². The zero-order valence-electron chi connectivity index (χ0n) is 12.1. The van der Waals surface area contributed by atoms with E-state index in [1.54, 1.807) is 10.8 Å². The average molecular weight is 282 g/mol. The van der Waals surface area contributed by atoms with Crippen molar-refractivity contribution in [2.24, 2.45) is 0 Å². The number of likely N-dealkylation sites (N-methyl/N-ethyl adjacent to an activating group) is 1. The number of fused-ring (bicyclic) bond motifs is 3. The molecule has 0 N–H and O–H groups in total. The summed E-state index contributed by atoms with van der Waals surface area (Å²) >= 11 is 0. The molecule has 3 heterocycles. The maximum absolute atomic E-state index is 4.74. The van der Waals surface area contributed by atoms with Crippen LogP contribution in [0.15, 0.2) is 30.6 Å². The smallest absolute Gasteiger partial charge is 0.185 e. The lowest BCUT2D eigenvalue weighted by Crippen LogP contribution is -2.46. The molecule has 1 saturated heterocycles. The Morgan fingerprint density at radius 3 is 2.57 bits per heavy atom. The van der Waals surface area contributed by atoms with Crippen LogP contribution in [0, 0.1) is 0 Å². The monoisotopic (exact) mass is 282 g/mol. The summed E-state index contributed by atoms with van der Waals surface area (Å²) in [6.07, 6.45) is 1.67. The summed E-state index contributed by atoms with van der Waals surface area (Å²) in [6.45, 7) is 7.54. The molecule has 0 unspecified atom stereocenters. The van der Waals surface area contributed by atoms with Gasteiger partial charge in [0.2, 0.25) is 0 Å². The molecule has 0 bridgehead atoms. The van der Waals surface area contributed by atoms with E-state index in [1.807, 2.05) is 6.07 Å². The maximum atomic E-state index is 4.74. The summed E-state index contributed by atoms with van der Waals surface area (Å²) in [4.78, 5) is 4.84. The number of rotatable bonds is 2. The minimum absolute atomic E-state index is 0.821. The van der Waals surface area contributed by atoms with Gasteiger partial charge in [0.1, 0.15) is 6.33 Å². The topological polar surface area (TPSA) is 49.6 Å². The van der Waals surface area contributed by atoms with Gasteiger partial charge in [-0.15, -0.1) is 15.3 Å². The molecule has 2 aromatic heterocycles. The van der Waals surface area contributed by atoms with Gasteiger partial charge in [-0.2, -0.15) is 4.52 Å². The lowest BCUT2D eigenvalue weighted by Gasteiger charge is -2.35. The maximum Gasteiger partial charge on any atom is 0.185 e. The predicted octanol–water partition coefficient (Wildman–Crippen LogP) is 1.42. The van der Waals surface area contributed by atoms with Crippen LogP contribution in [-0.4, -0.2) is 57.4 Å². The molecular formula is C15H18N6. The van der Waals surface area contributed by atoms with Gasteiger partial charge in [0.15, 0.2) is 11.5 Å². The van der Waals surface area contributed by atoms with Crippen molar-refractivity contribution in [3.05, 3.63) is 30.6 Å². The molecular weight excluding hydrogens is 264 g/mol. The highest BCUT2D eigenvalue weighted by molar-refractivity contribution is 6.00. The number of hydrogen-bond donors (Lipinski definition) is 0. The highest BCUT2D eigenvalue weighted by Gasteiger charge is 2.20. The molecule has 0 radical (unpaired) electrons. The number of benzene rings is 1. The predicted molar refractivity (Wildman–Crippen MR) is 82.6 cm³/mol. The molecule has 0 saturated carbocycles. The molecule has 3 aromatic rings. The Kier molecular flexibility index (Phi) is 2.96. The number of anilines is 1. The lowest BCUT2D eigenvalue weighted by molar-refractivity contribution is 0.270. The number of nitrogens with zero attached hydrogens (tertiary/aromatic N) is 6. The second-order valence-electron chi connectivity index (χ2n) is 5.39. The van der Waals surface area contributed by atoms with Gasteiger partial charge in [0.05, 0.1) is 0 Å². The average Bonchev–Trinajstić information content (AvgIpc) is 3.03. The number of aromatic nitrogens is 4. The van der Waals surface area contributed by atoms with Crippen LogP contribution in [-0.2, 0) is 0 Å². The van der Waals surface area contributed by atoms with Gasteiger partial charge in [-0.25, -0.2) is 0 Å². The Balaban J connectivity index is 1.83. The molecule has 1 fully saturated rings. The Morgan fingerprint density at radius 2 is 1.81 bits per heavy atom. The highest BCUT2D eigenvalue weighted by atomic mass is 15.4. The van der Waals surface area contributed by atoms with Crippen LogP contribution in [0.2, 0.25) is 0 Å². The lowest BCUT2D eigenvalue weighted by atomic mass is 10.1. The quantitative estimate of drug-likeness (QED) is 0.711. The van der Waals surface area contributed by atoms with E-state index in [1.165, 1.54) is 0 Å². The Labute approximate surface area is 123 Å². The van der Waals surface area contributed by atoms with Crippen molar-refractivity contribution in [1.29, 1.82) is 0 Å². The van der Waals surface area contributed by atoms with E-state index < -0.39 is 0 Å². The molecule has 0 aliphatic carbocycles. The van der Waals surface area contributed by atoms with E-state index in [4.69, 9.17) is 5.10 Å². The van der Waals surface area contributed by atoms with Gasteiger partial charge < -0.3 is 9.80 Å². The van der Waals surface area contributed by atoms with Crippen molar-refractivity contribution in [1.82, 2.24) is 24.7 Å². The molecule has 6 nitrogen and oxygen atoms in total. The standard InChI is InChI=1S/C15H18N6/c1-2-19-7-9-20(10-8-19)15-13-6-4-3-5-12(13)14-17-16-11-21(14)18-15/h3-6,11H,2,7-10H2,1H3. The summed E-state index contributed by atoms with van der Waals surface area (Å²) in [6, 6.07) is 8.31. The molecule has 1 aliphatic heterocycles. The highest BCUT2D eigenvalue weighted by Crippen LogP contribution is 2.27. The minimum Gasteiger partial charge on any atom is -0.352 e. The van der Waals surface area contributed by atoms with E-state index in [9.17, 15) is 0 Å². The van der Waals surface area contributed by atoms with Crippen LogP contribution < -0.4 is 4.90 Å². The summed E-state index contributed by atoms with van der Waals surface area (Å²) in [7, 11) is 0. The van der Waals surface area contributed by atoms with Crippen molar-refractivity contribution in [3.8, 4) is 0 Å². The fourth-order valence-corrected chi connectivity index (χ4v) is 3.02. The van der Waals surface area contributed by atoms with Gasteiger partial charge in [0.25, 0.3) is 0 Å². The third-order valence-corrected chi connectivity index (χ3v) is 4.26. The second kappa shape index (κ2) is 4.96. The summed E-state index contributed by atoms with van der Waals surface area (Å²) in [5.74, 6) is 1.04. The Hall–Kier alpha value is -2.21. The first-order valence-electron chi connectivity index (χ1n) is 7.43. The van der Waals surface area contributed by atoms with E-state index in [0.29, 0.717) is 0 Å². The van der Waals surface area contributed by atoms with Crippen molar-refractivity contribution in [2.45, 2.75) is 6.92 Å². The van der Waals surface area contributed by atoms with Crippen LogP contribution in [0.5, 0.6) is 0 Å². The molecule has 1 aromatic carbocycles. The normalized spacial score (nSPS) is 16.9. The van der Waals surface area contributed by atoms with Crippen molar-refractivity contribution >= 4 is 22.2 Å². The molecule has 1 aliphatic rings. The zero-order chi connectivity index (χ0) is 14.2. The van der Waals surface area contributed by atoms with E-state index in [-0.39, 0.29) is 0 Å². The number of piperazine rings is 1. The molecule has 6 heteroatoms. The van der Waals surface area contributed by atoms with Crippen LogP contribution >= 0.6 is 0 Å². The third-order valence-electron chi connectivity index (χ3n) is 4.26. The summed E-state index contributed by atoms with van der Waals surface area (Å²) in [5.41, 5.74) is 0.821. The van der Waals surface area contributed by atoms with Gasteiger partial charge >= 0.3 is 0 Å². The first-order chi connectivity index (χ1) is 10.4. The molecule has 21 heavy (non-hydrogen) atoms. The molecule has 0 amide bonds.